The van der Waals surface area contributed by atoms with Gasteiger partial charge in [-0.15, -0.1) is 0 Å². The Labute approximate surface area is 188 Å². The Morgan fingerprint density at radius 3 is 1.07 bits per heavy atom. The predicted molar refractivity (Wildman–Crippen MR) is 106 cm³/mol. The van der Waals surface area contributed by atoms with Crippen LogP contribution in [-0.2, 0) is 11.0 Å². The number of hydrogen-bond acceptors (Lipinski definition) is 8. The zero-order valence-corrected chi connectivity index (χ0v) is 19.1. The molecule has 30 heavy (non-hydrogen) atoms. The Kier molecular flexibility index (Phi) is 30.9. The summed E-state index contributed by atoms with van der Waals surface area (Å²) in [5, 5.41) is 28.2. The van der Waals surface area contributed by atoms with Crippen molar-refractivity contribution in [3.63, 3.8) is 0 Å². The maximum Gasteiger partial charge on any atom is 2.00 e. The Hall–Kier alpha value is -2.92. The third-order valence-corrected chi connectivity index (χ3v) is 2.51. The van der Waals surface area contributed by atoms with E-state index in [2.05, 4.69) is 51.2 Å². The zero-order valence-electron chi connectivity index (χ0n) is 15.2. The van der Waals surface area contributed by atoms with Crippen LogP contribution in [0.3, 0.4) is 0 Å². The van der Waals surface area contributed by atoms with E-state index in [1.807, 2.05) is 0 Å². The van der Waals surface area contributed by atoms with E-state index in [-0.39, 0.29) is 65.6 Å². The van der Waals surface area contributed by atoms with Gasteiger partial charge in [0.05, 0.1) is 0 Å². The summed E-state index contributed by atoms with van der Waals surface area (Å²) in [7, 11) is 0. The molecule has 166 valence electrons. The van der Waals surface area contributed by atoms with Crippen LogP contribution in [-0.4, -0.2) is 95.7 Å². The molecule has 0 saturated carbocycles. The van der Waals surface area contributed by atoms with Gasteiger partial charge in [-0.3, -0.25) is 30.6 Å². The van der Waals surface area contributed by atoms with Gasteiger partial charge in [0.25, 0.3) is 0 Å². The van der Waals surface area contributed by atoms with Gasteiger partial charge in [0.1, 0.15) is 0 Å². The summed E-state index contributed by atoms with van der Waals surface area (Å²) in [5.41, 5.74) is 1.76. The maximum absolute atomic E-state index is 3.86. The van der Waals surface area contributed by atoms with Crippen LogP contribution in [0.4, 0.5) is 0 Å². The van der Waals surface area contributed by atoms with Crippen LogP contribution >= 0.6 is 0 Å². The molecular formula is C12H24N10O7Pb+2. The van der Waals surface area contributed by atoms with Gasteiger partial charge in [-0.05, 0) is 35.4 Å². The molecule has 0 fully saturated rings. The molecular weight excluding hydrogens is 603 g/mol. The topological polar surface area (TPSA) is 355 Å². The van der Waals surface area contributed by atoms with Crippen LogP contribution in [0.5, 0.6) is 0 Å². The summed E-state index contributed by atoms with van der Waals surface area (Å²) in [6, 6.07) is 7.22. The van der Waals surface area contributed by atoms with E-state index < -0.39 is 0 Å². The molecule has 0 aliphatic heterocycles. The van der Waals surface area contributed by atoms with E-state index in [0.29, 0.717) is 11.6 Å². The third kappa shape index (κ3) is 11.8. The summed E-state index contributed by atoms with van der Waals surface area (Å²) in [6.07, 6.45) is 6.69. The van der Waals surface area contributed by atoms with Crippen LogP contribution in [0.1, 0.15) is 0 Å². The minimum absolute atomic E-state index is 0. The number of aromatic nitrogens is 10. The molecule has 18 heteroatoms. The van der Waals surface area contributed by atoms with Crippen LogP contribution in [0.25, 0.3) is 22.8 Å². The number of hydrogen-bond donors (Lipinski definition) is 0. The average molecular weight is 628 g/mol. The largest absolute Gasteiger partial charge is 2.00 e. The molecule has 16 N–H and O–H groups in total. The maximum atomic E-state index is 3.86. The number of nitrogens with zero attached hydrogens (tertiary/aromatic N) is 10. The molecule has 0 aliphatic carbocycles. The minimum atomic E-state index is 0. The SMILES string of the molecule is O.O.O.O.O.[OH3+].[OH3+].[Pb+2].c1cc(-c2nnn[n-]2)ccn1.c1cc(-c2nnn[n-]2)ccn1. The van der Waals surface area contributed by atoms with Gasteiger partial charge in [-0.25, -0.2) is 0 Å². The van der Waals surface area contributed by atoms with Gasteiger partial charge < -0.3 is 48.5 Å². The fourth-order valence-corrected chi connectivity index (χ4v) is 1.52. The summed E-state index contributed by atoms with van der Waals surface area (Å²) >= 11 is 0. The first-order valence-corrected chi connectivity index (χ1v) is 6.12. The first-order valence-electron chi connectivity index (χ1n) is 6.12. The standard InChI is InChI=1S/2C6H4N5.7H2O.Pb/c2*1-3-7-4-2-5(1)6-8-10-11-9-6;;;;;;;;/h2*1-4H;7*1H2;/q2*-1;;;;;;;;+2/p+2. The van der Waals surface area contributed by atoms with Crippen molar-refractivity contribution in [2.75, 3.05) is 0 Å². The van der Waals surface area contributed by atoms with Crippen LogP contribution in [0.15, 0.2) is 49.1 Å². The van der Waals surface area contributed by atoms with Gasteiger partial charge in [0.2, 0.25) is 0 Å². The molecule has 2 radical (unpaired) electrons. The van der Waals surface area contributed by atoms with E-state index in [1.54, 1.807) is 49.1 Å². The molecule has 0 aliphatic rings. The molecule has 4 aromatic rings. The number of tetrazole rings is 2. The molecule has 4 heterocycles. The molecule has 0 atom stereocenters. The van der Waals surface area contributed by atoms with Gasteiger partial charge in [0.15, 0.2) is 0 Å². The third-order valence-electron chi connectivity index (χ3n) is 2.51. The Balaban J connectivity index is -0.0000000758. The monoisotopic (exact) mass is 628 g/mol. The van der Waals surface area contributed by atoms with E-state index in [9.17, 15) is 0 Å². The second-order valence-corrected chi connectivity index (χ2v) is 3.88. The van der Waals surface area contributed by atoms with E-state index in [1.165, 1.54) is 0 Å². The number of pyridine rings is 2. The Bertz CT molecular complexity index is 727. The Morgan fingerprint density at radius 1 is 0.533 bits per heavy atom. The van der Waals surface area contributed by atoms with Gasteiger partial charge in [-0.2, -0.15) is 10.4 Å². The molecule has 0 bridgehead atoms. The van der Waals surface area contributed by atoms with E-state index in [4.69, 9.17) is 0 Å². The smallest absolute Gasteiger partial charge is 0.457 e. The quantitative estimate of drug-likeness (QED) is 0.149. The molecule has 0 unspecified atom stereocenters. The molecule has 0 saturated heterocycles. The van der Waals surface area contributed by atoms with Crippen LogP contribution in [0, 0.1) is 0 Å². The second-order valence-electron chi connectivity index (χ2n) is 3.88. The van der Waals surface area contributed by atoms with Crippen molar-refractivity contribution in [3.05, 3.63) is 49.1 Å². The van der Waals surface area contributed by atoms with Crippen LogP contribution < -0.4 is 10.2 Å². The molecule has 4 aromatic heterocycles. The van der Waals surface area contributed by atoms with E-state index >= 15 is 0 Å². The molecule has 0 spiro atoms. The van der Waals surface area contributed by atoms with Crippen molar-refractivity contribution in [1.29, 1.82) is 0 Å². The van der Waals surface area contributed by atoms with Crippen molar-refractivity contribution >= 4 is 27.3 Å². The predicted octanol–water partition coefficient (Wildman–Crippen LogP) is -6.57. The van der Waals surface area contributed by atoms with Gasteiger partial charge >= 0.3 is 27.3 Å². The van der Waals surface area contributed by atoms with Crippen molar-refractivity contribution in [2.24, 2.45) is 0 Å². The second kappa shape index (κ2) is 22.4. The normalized spacial score (nSPS) is 7.20. The van der Waals surface area contributed by atoms with Crippen molar-refractivity contribution in [1.82, 2.24) is 51.2 Å². The number of rotatable bonds is 2. The van der Waals surface area contributed by atoms with Gasteiger partial charge in [0, 0.05) is 36.4 Å². The Morgan fingerprint density at radius 2 is 0.833 bits per heavy atom. The summed E-state index contributed by atoms with van der Waals surface area (Å²) in [5.74, 6) is 1.07. The van der Waals surface area contributed by atoms with Crippen molar-refractivity contribution < 1.29 is 38.3 Å². The first kappa shape index (κ1) is 41.5. The van der Waals surface area contributed by atoms with Crippen molar-refractivity contribution in [3.8, 4) is 22.8 Å². The molecule has 4 rings (SSSR count). The fraction of sp³-hybridized carbons (Fsp3) is 0. The first-order chi connectivity index (χ1) is 10.9. The molecule has 0 amide bonds. The summed E-state index contributed by atoms with van der Waals surface area (Å²) in [4.78, 5) is 7.72. The van der Waals surface area contributed by atoms with Crippen molar-refractivity contribution in [2.45, 2.75) is 0 Å². The minimum Gasteiger partial charge on any atom is -0.457 e. The zero-order chi connectivity index (χ0) is 15.0. The van der Waals surface area contributed by atoms with Gasteiger partial charge in [-0.1, -0.05) is 0 Å². The summed E-state index contributed by atoms with van der Waals surface area (Å²) in [6.45, 7) is 0. The van der Waals surface area contributed by atoms with Crippen LogP contribution in [0.2, 0.25) is 0 Å². The molecule has 17 nitrogen and oxygen atoms in total. The summed E-state index contributed by atoms with van der Waals surface area (Å²) < 4.78 is 0. The average Bonchev–Trinajstić information content (AvgIpc) is 3.31. The molecule has 0 aromatic carbocycles. The fourth-order valence-electron chi connectivity index (χ4n) is 1.52. The van der Waals surface area contributed by atoms with E-state index in [0.717, 1.165) is 11.1 Å².